The number of nitrogens with zero attached hydrogens (tertiary/aromatic N) is 5. The second-order valence-electron chi connectivity index (χ2n) is 16.3. The summed E-state index contributed by atoms with van der Waals surface area (Å²) in [7, 11) is 0. The van der Waals surface area contributed by atoms with Crippen molar-refractivity contribution in [1.29, 1.82) is 0 Å². The molecule has 5 heterocycles. The summed E-state index contributed by atoms with van der Waals surface area (Å²) in [6.45, 7) is 16.6. The van der Waals surface area contributed by atoms with Gasteiger partial charge in [-0.1, -0.05) is 43.3 Å². The van der Waals surface area contributed by atoms with Crippen molar-refractivity contribution in [2.24, 2.45) is 11.3 Å². The van der Waals surface area contributed by atoms with Gasteiger partial charge in [0.25, 0.3) is 0 Å². The van der Waals surface area contributed by atoms with Crippen molar-refractivity contribution in [3.8, 4) is 10.4 Å². The molecule has 3 aliphatic rings. The molecule has 13 heteroatoms. The summed E-state index contributed by atoms with van der Waals surface area (Å²) >= 11 is 1.60. The number of β-amino-alcohol motifs (C(OH)–C–C–N with tert-alkyl or cyclic N) is 1. The molecule has 1 unspecified atom stereocenters. The van der Waals surface area contributed by atoms with E-state index in [4.69, 9.17) is 9.26 Å². The standard InChI is InChI=1S/C39H54N6O6S/c1-24(2)33(31-21-32(42-51-31)43-16-12-39(13-17-43)14-18-44(19-15-39)37(49)50-38(5,6)7)36(48)45-22-29(46)20-30(45)35(47)41-25(3)27-8-10-28(11-9-27)34-26(4)40-23-52-34/h8-11,21,23-25,29-30,33,46H,12-20,22H2,1-7H3,(H,41,47)/t25-,29+,30-,33?/m0/s1. The van der Waals surface area contributed by atoms with Gasteiger partial charge in [0, 0.05) is 45.2 Å². The van der Waals surface area contributed by atoms with Crippen molar-refractivity contribution < 1.29 is 28.8 Å². The molecule has 0 radical (unpaired) electrons. The molecular formula is C39H54N6O6S. The smallest absolute Gasteiger partial charge is 0.410 e. The van der Waals surface area contributed by atoms with Crippen LogP contribution in [0.3, 0.4) is 0 Å². The summed E-state index contributed by atoms with van der Waals surface area (Å²) in [6.07, 6.45) is 3.00. The summed E-state index contributed by atoms with van der Waals surface area (Å²) in [5, 5.41) is 18.2. The molecule has 2 aromatic heterocycles. The first kappa shape index (κ1) is 37.8. The average Bonchev–Trinajstić information content (AvgIpc) is 3.85. The van der Waals surface area contributed by atoms with E-state index in [0.717, 1.165) is 60.5 Å². The van der Waals surface area contributed by atoms with Gasteiger partial charge in [0.1, 0.15) is 17.6 Å². The number of nitrogens with one attached hydrogen (secondary N) is 1. The fourth-order valence-electron chi connectivity index (χ4n) is 7.89. The molecule has 0 aliphatic carbocycles. The van der Waals surface area contributed by atoms with E-state index in [0.29, 0.717) is 24.7 Å². The number of carbonyl (C=O) groups excluding carboxylic acids is 3. The zero-order valence-electron chi connectivity index (χ0n) is 31.6. The van der Waals surface area contributed by atoms with E-state index in [1.165, 1.54) is 4.90 Å². The number of anilines is 1. The molecule has 6 rings (SSSR count). The summed E-state index contributed by atoms with van der Waals surface area (Å²) in [5.41, 5.74) is 4.52. The number of carbonyl (C=O) groups is 3. The maximum absolute atomic E-state index is 14.2. The highest BCUT2D eigenvalue weighted by Gasteiger charge is 2.44. The third-order valence-corrected chi connectivity index (χ3v) is 12.0. The highest BCUT2D eigenvalue weighted by molar-refractivity contribution is 7.13. The van der Waals surface area contributed by atoms with E-state index in [9.17, 15) is 19.5 Å². The second-order valence-corrected chi connectivity index (χ2v) is 17.1. The Balaban J connectivity index is 1.06. The van der Waals surface area contributed by atoms with Crippen LogP contribution in [-0.4, -0.2) is 93.4 Å². The van der Waals surface area contributed by atoms with E-state index in [-0.39, 0.29) is 48.2 Å². The van der Waals surface area contributed by atoms with Gasteiger partial charge in [-0.25, -0.2) is 9.78 Å². The Morgan fingerprint density at radius 2 is 1.69 bits per heavy atom. The van der Waals surface area contributed by atoms with Gasteiger partial charge in [-0.2, -0.15) is 0 Å². The van der Waals surface area contributed by atoms with Crippen LogP contribution in [-0.2, 0) is 14.3 Å². The Bertz CT molecular complexity index is 1710. The quantitative estimate of drug-likeness (QED) is 0.273. The Morgan fingerprint density at radius 3 is 2.29 bits per heavy atom. The molecule has 1 aromatic carbocycles. The van der Waals surface area contributed by atoms with Crippen LogP contribution in [0, 0.1) is 18.3 Å². The first-order valence-electron chi connectivity index (χ1n) is 18.6. The van der Waals surface area contributed by atoms with Gasteiger partial charge in [-0.15, -0.1) is 11.3 Å². The zero-order valence-corrected chi connectivity index (χ0v) is 32.4. The van der Waals surface area contributed by atoms with Crippen molar-refractivity contribution in [1.82, 2.24) is 25.3 Å². The summed E-state index contributed by atoms with van der Waals surface area (Å²) < 4.78 is 11.4. The molecule has 3 fully saturated rings. The molecule has 0 saturated carbocycles. The topological polar surface area (TPSA) is 141 Å². The van der Waals surface area contributed by atoms with Gasteiger partial charge < -0.3 is 34.4 Å². The number of ether oxygens (including phenoxy) is 1. The fraction of sp³-hybridized carbons (Fsp3) is 0.615. The molecule has 3 aromatic rings. The van der Waals surface area contributed by atoms with Crippen LogP contribution in [0.15, 0.2) is 40.4 Å². The van der Waals surface area contributed by atoms with E-state index in [2.05, 4.69) is 20.4 Å². The van der Waals surface area contributed by atoms with Crippen molar-refractivity contribution >= 4 is 35.1 Å². The summed E-state index contributed by atoms with van der Waals surface area (Å²) in [4.78, 5) is 51.5. The minimum Gasteiger partial charge on any atom is -0.444 e. The number of rotatable bonds is 8. The predicted octanol–water partition coefficient (Wildman–Crippen LogP) is 6.30. The molecule has 12 nitrogen and oxygen atoms in total. The van der Waals surface area contributed by atoms with Gasteiger partial charge in [0.15, 0.2) is 11.6 Å². The van der Waals surface area contributed by atoms with Crippen LogP contribution in [0.2, 0.25) is 0 Å². The number of amides is 3. The number of benzene rings is 1. The van der Waals surface area contributed by atoms with Crippen LogP contribution in [0.25, 0.3) is 10.4 Å². The molecule has 282 valence electrons. The lowest BCUT2D eigenvalue weighted by atomic mass is 9.71. The first-order valence-corrected chi connectivity index (χ1v) is 19.5. The predicted molar refractivity (Wildman–Crippen MR) is 200 cm³/mol. The molecule has 2 N–H and O–H groups in total. The third-order valence-electron chi connectivity index (χ3n) is 11.0. The van der Waals surface area contributed by atoms with Crippen molar-refractivity contribution in [3.05, 3.63) is 52.9 Å². The third kappa shape index (κ3) is 8.30. The number of thiazole rings is 1. The Morgan fingerprint density at radius 1 is 1.04 bits per heavy atom. The average molecular weight is 735 g/mol. The number of hydrogen-bond acceptors (Lipinski definition) is 10. The van der Waals surface area contributed by atoms with Gasteiger partial charge in [-0.3, -0.25) is 9.59 Å². The molecule has 0 bridgehead atoms. The zero-order chi connectivity index (χ0) is 37.4. The van der Waals surface area contributed by atoms with Gasteiger partial charge in [-0.05, 0) is 82.8 Å². The monoisotopic (exact) mass is 734 g/mol. The largest absolute Gasteiger partial charge is 0.444 e. The summed E-state index contributed by atoms with van der Waals surface area (Å²) in [5.74, 6) is -0.161. The van der Waals surface area contributed by atoms with Crippen LogP contribution in [0.5, 0.6) is 0 Å². The normalized spacial score (nSPS) is 21.8. The highest BCUT2D eigenvalue weighted by atomic mass is 32.1. The number of aromatic nitrogens is 2. The lowest BCUT2D eigenvalue weighted by Gasteiger charge is -2.46. The van der Waals surface area contributed by atoms with Crippen LogP contribution in [0.4, 0.5) is 10.6 Å². The van der Waals surface area contributed by atoms with Crippen LogP contribution in [0.1, 0.15) is 103 Å². The molecule has 1 spiro atoms. The number of aliphatic hydroxyl groups excluding tert-OH is 1. The maximum atomic E-state index is 14.2. The Hall–Kier alpha value is -3.97. The number of piperidine rings is 2. The van der Waals surface area contributed by atoms with Gasteiger partial charge in [0.05, 0.1) is 28.2 Å². The molecule has 3 saturated heterocycles. The Kier molecular flexibility index (Phi) is 11.0. The van der Waals surface area contributed by atoms with E-state index >= 15 is 0 Å². The van der Waals surface area contributed by atoms with E-state index < -0.39 is 23.7 Å². The molecule has 4 atom stereocenters. The fourth-order valence-corrected chi connectivity index (χ4v) is 8.70. The van der Waals surface area contributed by atoms with Crippen LogP contribution < -0.4 is 10.2 Å². The lowest BCUT2D eigenvalue weighted by molar-refractivity contribution is -0.141. The second kappa shape index (κ2) is 15.2. The minimum atomic E-state index is -0.799. The van der Waals surface area contributed by atoms with E-state index in [1.54, 1.807) is 11.3 Å². The van der Waals surface area contributed by atoms with Crippen LogP contribution >= 0.6 is 11.3 Å². The number of hydrogen-bond donors (Lipinski definition) is 2. The first-order chi connectivity index (χ1) is 24.6. The van der Waals surface area contributed by atoms with Crippen molar-refractivity contribution in [2.45, 2.75) is 110 Å². The molecular weight excluding hydrogens is 681 g/mol. The Labute approximate surface area is 310 Å². The van der Waals surface area contributed by atoms with Crippen molar-refractivity contribution in [2.75, 3.05) is 37.6 Å². The van der Waals surface area contributed by atoms with Crippen molar-refractivity contribution in [3.63, 3.8) is 0 Å². The molecule has 3 aliphatic heterocycles. The van der Waals surface area contributed by atoms with E-state index in [1.807, 2.05) is 89.2 Å². The lowest BCUT2D eigenvalue weighted by Crippen LogP contribution is -2.49. The number of aliphatic hydroxyl groups is 1. The maximum Gasteiger partial charge on any atom is 0.410 e. The molecule has 3 amide bonds. The SMILES string of the molecule is Cc1ncsc1-c1ccc([C@H](C)NC(=O)[C@@H]2C[C@@H](O)CN2C(=O)C(c2cc(N3CCC4(CCN(C(=O)OC(C)(C)C)CC4)CC3)no2)C(C)C)cc1. The van der Waals surface area contributed by atoms with Gasteiger partial charge >= 0.3 is 6.09 Å². The van der Waals surface area contributed by atoms with Gasteiger partial charge in [0.2, 0.25) is 11.8 Å². The number of aryl methyl sites for hydroxylation is 1. The number of likely N-dealkylation sites (tertiary alicyclic amines) is 2. The minimum absolute atomic E-state index is 0.0813. The summed E-state index contributed by atoms with van der Waals surface area (Å²) in [6, 6.07) is 8.84. The highest BCUT2D eigenvalue weighted by Crippen LogP contribution is 2.43. The molecule has 52 heavy (non-hydrogen) atoms.